The van der Waals surface area contributed by atoms with Crippen molar-refractivity contribution in [1.29, 1.82) is 0 Å². The van der Waals surface area contributed by atoms with Crippen molar-refractivity contribution >= 4 is 55.2 Å². The van der Waals surface area contributed by atoms with Gasteiger partial charge in [-0.3, -0.25) is 5.43 Å². The van der Waals surface area contributed by atoms with Crippen molar-refractivity contribution < 1.29 is 9.84 Å². The van der Waals surface area contributed by atoms with Crippen molar-refractivity contribution in [3.63, 3.8) is 0 Å². The number of hydrogen-bond donors (Lipinski definition) is 2. The summed E-state index contributed by atoms with van der Waals surface area (Å²) >= 11 is 4.93. The summed E-state index contributed by atoms with van der Waals surface area (Å²) in [5.41, 5.74) is 5.21. The molecule has 3 aromatic carbocycles. The van der Waals surface area contributed by atoms with Crippen molar-refractivity contribution in [3.05, 3.63) is 81.8 Å². The molecule has 0 bridgehead atoms. The number of aromatic hydroxyl groups is 1. The molecule has 0 unspecified atom stereocenters. The lowest BCUT2D eigenvalue weighted by Gasteiger charge is -2.05. The number of hydrogen-bond acceptors (Lipinski definition) is 6. The molecular formula is C23H19BrN4O2S. The molecular weight excluding hydrogens is 476 g/mol. The first-order valence-corrected chi connectivity index (χ1v) is 11.2. The standard InChI is InChI=1S/C23H19BrN4O2S/c1-2-30-18-10-8-17(9-11-18)26-22(23-27-19-5-3-4-6-21(19)31-23)28-25-14-15-13-16(24)7-12-20(15)29/h3-14,29H,2H2,1H3,(H,26,28). The largest absolute Gasteiger partial charge is 0.507 e. The summed E-state index contributed by atoms with van der Waals surface area (Å²) in [5.74, 6) is 1.44. The molecule has 0 atom stereocenters. The van der Waals surface area contributed by atoms with E-state index in [-0.39, 0.29) is 5.75 Å². The average Bonchev–Trinajstić information content (AvgIpc) is 3.21. The molecule has 6 nitrogen and oxygen atoms in total. The van der Waals surface area contributed by atoms with Crippen LogP contribution >= 0.6 is 27.3 Å². The Labute approximate surface area is 192 Å². The number of fused-ring (bicyclic) bond motifs is 1. The van der Waals surface area contributed by atoms with Crippen molar-refractivity contribution in [1.82, 2.24) is 10.4 Å². The van der Waals surface area contributed by atoms with Crippen molar-refractivity contribution in [2.75, 3.05) is 6.61 Å². The minimum atomic E-state index is 0.138. The van der Waals surface area contributed by atoms with Gasteiger partial charge in [0.05, 0.1) is 28.7 Å². The number of aromatic nitrogens is 1. The predicted octanol–water partition coefficient (Wildman–Crippen LogP) is 5.87. The van der Waals surface area contributed by atoms with E-state index in [4.69, 9.17) is 9.73 Å². The molecule has 0 radical (unpaired) electrons. The molecule has 0 saturated carbocycles. The van der Waals surface area contributed by atoms with Crippen LogP contribution in [0, 0.1) is 0 Å². The number of rotatable bonds is 6. The topological polar surface area (TPSA) is 79.1 Å². The molecule has 1 aromatic heterocycles. The van der Waals surface area contributed by atoms with Gasteiger partial charge in [-0.1, -0.05) is 28.1 Å². The Hall–Kier alpha value is -3.23. The molecule has 4 aromatic rings. The monoisotopic (exact) mass is 494 g/mol. The summed E-state index contributed by atoms with van der Waals surface area (Å²) in [6.45, 7) is 2.56. The van der Waals surface area contributed by atoms with Gasteiger partial charge < -0.3 is 9.84 Å². The van der Waals surface area contributed by atoms with Gasteiger partial charge in [0.2, 0.25) is 0 Å². The number of benzene rings is 3. The lowest BCUT2D eigenvalue weighted by Crippen LogP contribution is -2.18. The molecule has 0 fully saturated rings. The highest BCUT2D eigenvalue weighted by Gasteiger charge is 2.11. The molecule has 0 saturated heterocycles. The van der Waals surface area contributed by atoms with E-state index in [2.05, 4.69) is 31.4 Å². The number of thiazole rings is 1. The van der Waals surface area contributed by atoms with Gasteiger partial charge in [-0.2, -0.15) is 5.10 Å². The van der Waals surface area contributed by atoms with Crippen LogP contribution in [0.1, 0.15) is 17.5 Å². The highest BCUT2D eigenvalue weighted by Crippen LogP contribution is 2.24. The Morgan fingerprint density at radius 3 is 2.74 bits per heavy atom. The first kappa shape index (κ1) is 21.0. The van der Waals surface area contributed by atoms with Crippen LogP contribution in [0.15, 0.2) is 81.3 Å². The second kappa shape index (κ2) is 9.72. The van der Waals surface area contributed by atoms with E-state index in [1.54, 1.807) is 24.4 Å². The van der Waals surface area contributed by atoms with Crippen LogP contribution in [0.4, 0.5) is 5.69 Å². The predicted molar refractivity (Wildman–Crippen MR) is 130 cm³/mol. The maximum atomic E-state index is 10.0. The third-order valence-corrected chi connectivity index (χ3v) is 5.79. The van der Waals surface area contributed by atoms with Crippen LogP contribution in [0.25, 0.3) is 10.2 Å². The van der Waals surface area contributed by atoms with Gasteiger partial charge in [-0.25, -0.2) is 9.98 Å². The van der Waals surface area contributed by atoms with Gasteiger partial charge in [-0.15, -0.1) is 11.3 Å². The molecule has 0 aliphatic carbocycles. The molecule has 4 rings (SSSR count). The van der Waals surface area contributed by atoms with Gasteiger partial charge in [0.25, 0.3) is 0 Å². The third kappa shape index (κ3) is 5.28. The molecule has 1 heterocycles. The van der Waals surface area contributed by atoms with E-state index in [9.17, 15) is 5.11 Å². The van der Waals surface area contributed by atoms with Gasteiger partial charge in [0.1, 0.15) is 11.5 Å². The number of para-hydroxylation sites is 1. The van der Waals surface area contributed by atoms with Gasteiger partial charge in [-0.05, 0) is 61.5 Å². The van der Waals surface area contributed by atoms with Crippen LogP contribution in [0.5, 0.6) is 11.5 Å². The Bertz CT molecular complexity index is 1220. The number of ether oxygens (including phenoxy) is 1. The summed E-state index contributed by atoms with van der Waals surface area (Å²) in [7, 11) is 0. The molecule has 2 N–H and O–H groups in total. The zero-order valence-corrected chi connectivity index (χ0v) is 19.0. The second-order valence-corrected chi connectivity index (χ2v) is 8.39. The summed E-state index contributed by atoms with van der Waals surface area (Å²) in [6.07, 6.45) is 1.54. The number of aliphatic imine (C=N–C) groups is 1. The number of nitrogens with zero attached hydrogens (tertiary/aromatic N) is 3. The highest BCUT2D eigenvalue weighted by atomic mass is 79.9. The zero-order chi connectivity index (χ0) is 21.6. The van der Waals surface area contributed by atoms with Crippen molar-refractivity contribution in [2.24, 2.45) is 10.1 Å². The maximum absolute atomic E-state index is 10.0. The molecule has 0 amide bonds. The van der Waals surface area contributed by atoms with E-state index in [0.717, 1.165) is 26.1 Å². The molecule has 0 spiro atoms. The Kier molecular flexibility index (Phi) is 6.59. The van der Waals surface area contributed by atoms with E-state index >= 15 is 0 Å². The normalized spacial score (nSPS) is 11.9. The first-order valence-electron chi connectivity index (χ1n) is 9.57. The Morgan fingerprint density at radius 1 is 1.16 bits per heavy atom. The van der Waals surface area contributed by atoms with Gasteiger partial charge in [0.15, 0.2) is 10.8 Å². The number of halogens is 1. The quantitative estimate of drug-likeness (QED) is 0.199. The van der Waals surface area contributed by atoms with Crippen LogP contribution in [-0.4, -0.2) is 28.7 Å². The fourth-order valence-corrected chi connectivity index (χ4v) is 4.08. The SMILES string of the molecule is CCOc1ccc(N=C(NN=Cc2cc(Br)ccc2O)c2nc3ccccc3s2)cc1. The fraction of sp³-hybridized carbons (Fsp3) is 0.0870. The third-order valence-electron chi connectivity index (χ3n) is 4.25. The van der Waals surface area contributed by atoms with E-state index in [1.807, 2.05) is 55.5 Å². The van der Waals surface area contributed by atoms with Crippen molar-refractivity contribution in [2.45, 2.75) is 6.92 Å². The van der Waals surface area contributed by atoms with E-state index < -0.39 is 0 Å². The first-order chi connectivity index (χ1) is 15.1. The summed E-state index contributed by atoms with van der Waals surface area (Å²) in [4.78, 5) is 9.39. The Morgan fingerprint density at radius 2 is 1.97 bits per heavy atom. The minimum Gasteiger partial charge on any atom is -0.507 e. The zero-order valence-electron chi connectivity index (χ0n) is 16.6. The summed E-state index contributed by atoms with van der Waals surface area (Å²) in [5, 5.41) is 15.0. The van der Waals surface area contributed by atoms with Gasteiger partial charge in [0, 0.05) is 10.0 Å². The smallest absolute Gasteiger partial charge is 0.183 e. The Balaban J connectivity index is 1.66. The average molecular weight is 495 g/mol. The van der Waals surface area contributed by atoms with Crippen molar-refractivity contribution in [3.8, 4) is 11.5 Å². The summed E-state index contributed by atoms with van der Waals surface area (Å²) in [6, 6.07) is 20.6. The van der Waals surface area contributed by atoms with E-state index in [0.29, 0.717) is 23.0 Å². The second-order valence-electron chi connectivity index (χ2n) is 6.45. The summed E-state index contributed by atoms with van der Waals surface area (Å²) < 4.78 is 7.41. The number of phenols is 1. The lowest BCUT2D eigenvalue weighted by molar-refractivity contribution is 0.340. The molecule has 8 heteroatoms. The number of nitrogens with one attached hydrogen (secondary N) is 1. The van der Waals surface area contributed by atoms with Crippen LogP contribution in [0.3, 0.4) is 0 Å². The molecule has 0 aliphatic heterocycles. The molecule has 156 valence electrons. The number of phenolic OH excluding ortho intramolecular Hbond substituents is 1. The van der Waals surface area contributed by atoms with Gasteiger partial charge >= 0.3 is 0 Å². The molecule has 0 aliphatic rings. The van der Waals surface area contributed by atoms with Crippen LogP contribution in [-0.2, 0) is 0 Å². The maximum Gasteiger partial charge on any atom is 0.183 e. The number of hydrazone groups is 1. The highest BCUT2D eigenvalue weighted by molar-refractivity contribution is 9.10. The molecule has 31 heavy (non-hydrogen) atoms. The van der Waals surface area contributed by atoms with Crippen LogP contribution < -0.4 is 10.2 Å². The van der Waals surface area contributed by atoms with Crippen LogP contribution in [0.2, 0.25) is 0 Å². The lowest BCUT2D eigenvalue weighted by atomic mass is 10.2. The van der Waals surface area contributed by atoms with E-state index in [1.165, 1.54) is 11.3 Å². The number of amidine groups is 1. The minimum absolute atomic E-state index is 0.138. The fourth-order valence-electron chi connectivity index (χ4n) is 2.80.